The van der Waals surface area contributed by atoms with Crippen LogP contribution in [0.1, 0.15) is 36.6 Å². The second kappa shape index (κ2) is 8.34. The highest BCUT2D eigenvalue weighted by molar-refractivity contribution is 7.15. The van der Waals surface area contributed by atoms with E-state index in [0.29, 0.717) is 27.9 Å². The van der Waals surface area contributed by atoms with Crippen LogP contribution >= 0.6 is 11.3 Å². The lowest BCUT2D eigenvalue weighted by atomic mass is 10.1. The summed E-state index contributed by atoms with van der Waals surface area (Å²) in [7, 11) is 0. The Hall–Kier alpha value is -4.56. The Morgan fingerprint density at radius 1 is 0.914 bits per heavy atom. The highest BCUT2D eigenvalue weighted by Crippen LogP contribution is 2.25. The first kappa shape index (κ1) is 21.0. The smallest absolute Gasteiger partial charge is 0.261 e. The summed E-state index contributed by atoms with van der Waals surface area (Å²) in [6.07, 6.45) is 3.94. The van der Waals surface area contributed by atoms with Crippen molar-refractivity contribution in [2.75, 3.05) is 5.32 Å². The van der Waals surface area contributed by atoms with Gasteiger partial charge in [0.2, 0.25) is 0 Å². The van der Waals surface area contributed by atoms with Crippen molar-refractivity contribution in [1.82, 2.24) is 14.3 Å². The number of hydrogen-bond acceptors (Lipinski definition) is 5. The molecule has 0 saturated heterocycles. The van der Waals surface area contributed by atoms with Crippen LogP contribution in [0.2, 0.25) is 0 Å². The molecule has 0 unspecified atom stereocenters. The lowest BCUT2D eigenvalue weighted by molar-refractivity contribution is 0.0642. The van der Waals surface area contributed by atoms with E-state index in [2.05, 4.69) is 10.3 Å². The zero-order chi connectivity index (χ0) is 23.9. The van der Waals surface area contributed by atoms with Gasteiger partial charge in [0.25, 0.3) is 17.7 Å². The Morgan fingerprint density at radius 3 is 2.37 bits per heavy atom. The van der Waals surface area contributed by atoms with Crippen molar-refractivity contribution >= 4 is 39.7 Å². The monoisotopic (exact) mass is 478 g/mol. The zero-order valence-electron chi connectivity index (χ0n) is 18.3. The molecular formula is C27H18N4O3S. The van der Waals surface area contributed by atoms with E-state index in [0.717, 1.165) is 16.2 Å². The minimum atomic E-state index is -0.321. The topological polar surface area (TPSA) is 83.8 Å². The van der Waals surface area contributed by atoms with Gasteiger partial charge in [-0.3, -0.25) is 23.7 Å². The van der Waals surface area contributed by atoms with Gasteiger partial charge in [-0.1, -0.05) is 36.4 Å². The average Bonchev–Trinajstić information content (AvgIpc) is 3.55. The number of anilines is 1. The van der Waals surface area contributed by atoms with E-state index in [-0.39, 0.29) is 24.3 Å². The van der Waals surface area contributed by atoms with Crippen LogP contribution in [0.15, 0.2) is 90.6 Å². The van der Waals surface area contributed by atoms with Crippen LogP contribution in [0.5, 0.6) is 0 Å². The van der Waals surface area contributed by atoms with E-state index in [4.69, 9.17) is 0 Å². The van der Waals surface area contributed by atoms with E-state index in [1.54, 1.807) is 59.9 Å². The Balaban J connectivity index is 1.16. The van der Waals surface area contributed by atoms with E-state index in [9.17, 15) is 14.4 Å². The third kappa shape index (κ3) is 3.79. The number of carbonyl (C=O) groups excluding carboxylic acids is 3. The van der Waals surface area contributed by atoms with E-state index >= 15 is 0 Å². The fourth-order valence-electron chi connectivity index (χ4n) is 4.17. The van der Waals surface area contributed by atoms with Gasteiger partial charge in [-0.25, -0.2) is 4.98 Å². The van der Waals surface area contributed by atoms with Crippen molar-refractivity contribution < 1.29 is 14.4 Å². The molecule has 3 aromatic carbocycles. The zero-order valence-corrected chi connectivity index (χ0v) is 19.2. The first-order chi connectivity index (χ1) is 17.1. The largest absolute Gasteiger partial charge is 0.322 e. The van der Waals surface area contributed by atoms with E-state index in [1.165, 1.54) is 4.90 Å². The summed E-state index contributed by atoms with van der Waals surface area (Å²) in [5, 5.41) is 4.89. The summed E-state index contributed by atoms with van der Waals surface area (Å²) in [5.74, 6) is -0.916. The number of nitrogens with one attached hydrogen (secondary N) is 1. The molecule has 0 aliphatic carbocycles. The number of imidazole rings is 1. The molecule has 6 rings (SSSR count). The molecule has 0 fully saturated rings. The quantitative estimate of drug-likeness (QED) is 0.356. The molecule has 8 heteroatoms. The number of amides is 3. The van der Waals surface area contributed by atoms with Crippen LogP contribution in [-0.4, -0.2) is 32.0 Å². The van der Waals surface area contributed by atoms with Gasteiger partial charge < -0.3 is 5.32 Å². The number of rotatable bonds is 5. The van der Waals surface area contributed by atoms with Gasteiger partial charge in [0.15, 0.2) is 4.96 Å². The van der Waals surface area contributed by atoms with E-state index < -0.39 is 0 Å². The minimum Gasteiger partial charge on any atom is -0.322 e. The number of fused-ring (bicyclic) bond motifs is 2. The van der Waals surface area contributed by atoms with Crippen molar-refractivity contribution in [1.29, 1.82) is 0 Å². The minimum absolute atomic E-state index is 0.101. The van der Waals surface area contributed by atoms with Crippen molar-refractivity contribution in [3.8, 4) is 11.3 Å². The van der Waals surface area contributed by atoms with Crippen molar-refractivity contribution in [2.24, 2.45) is 0 Å². The van der Waals surface area contributed by atoms with Gasteiger partial charge in [0.05, 0.1) is 23.4 Å². The van der Waals surface area contributed by atoms with Crippen LogP contribution < -0.4 is 5.32 Å². The molecule has 0 atom stereocenters. The maximum absolute atomic E-state index is 12.9. The van der Waals surface area contributed by atoms with Gasteiger partial charge in [0.1, 0.15) is 0 Å². The van der Waals surface area contributed by atoms with Crippen LogP contribution in [0.25, 0.3) is 16.2 Å². The predicted octanol–water partition coefficient (Wildman–Crippen LogP) is 5.11. The maximum Gasteiger partial charge on any atom is 0.261 e. The summed E-state index contributed by atoms with van der Waals surface area (Å²) < 4.78 is 1.98. The number of thiazole rings is 1. The van der Waals surface area contributed by atoms with Crippen molar-refractivity contribution in [3.63, 3.8) is 0 Å². The van der Waals surface area contributed by atoms with Crippen molar-refractivity contribution in [3.05, 3.63) is 113 Å². The molecule has 0 saturated carbocycles. The summed E-state index contributed by atoms with van der Waals surface area (Å²) in [4.78, 5) is 44.9. The van der Waals surface area contributed by atoms with Crippen LogP contribution in [-0.2, 0) is 6.54 Å². The van der Waals surface area contributed by atoms with Gasteiger partial charge >= 0.3 is 0 Å². The standard InChI is InChI=1S/C27H18N4O3S/c32-24(28-20-10-8-18(9-11-20)23-16-30-12-13-35-27(30)29-23)19-5-3-4-17(14-19)15-31-25(33)21-6-1-2-7-22(21)26(31)34/h1-14,16H,15H2,(H,28,32). The summed E-state index contributed by atoms with van der Waals surface area (Å²) in [6, 6.07) is 21.2. The van der Waals surface area contributed by atoms with Gasteiger partial charge in [-0.05, 0) is 42.0 Å². The Labute approximate surface area is 204 Å². The summed E-state index contributed by atoms with van der Waals surface area (Å²) >= 11 is 1.57. The third-order valence-electron chi connectivity index (χ3n) is 5.94. The van der Waals surface area contributed by atoms with Crippen LogP contribution in [0.3, 0.4) is 0 Å². The molecular weight excluding hydrogens is 460 g/mol. The summed E-state index contributed by atoms with van der Waals surface area (Å²) in [6.45, 7) is 0.101. The predicted molar refractivity (Wildman–Crippen MR) is 134 cm³/mol. The molecule has 0 bridgehead atoms. The number of nitrogens with zero attached hydrogens (tertiary/aromatic N) is 3. The number of imide groups is 1. The molecule has 0 radical (unpaired) electrons. The Kier molecular flexibility index (Phi) is 5.00. The molecule has 2 aromatic heterocycles. The van der Waals surface area contributed by atoms with Crippen LogP contribution in [0.4, 0.5) is 5.69 Å². The first-order valence-electron chi connectivity index (χ1n) is 10.9. The molecule has 1 N–H and O–H groups in total. The number of benzene rings is 3. The number of carbonyl (C=O) groups is 3. The molecule has 0 spiro atoms. The van der Waals surface area contributed by atoms with Gasteiger partial charge in [0, 0.05) is 34.6 Å². The SMILES string of the molecule is O=C(Nc1ccc(-c2cn3ccsc3n2)cc1)c1cccc(CN2C(=O)c3ccccc3C2=O)c1. The highest BCUT2D eigenvalue weighted by Gasteiger charge is 2.35. The lowest BCUT2D eigenvalue weighted by Gasteiger charge is -2.14. The Morgan fingerprint density at radius 2 is 1.66 bits per heavy atom. The fourth-order valence-corrected chi connectivity index (χ4v) is 4.87. The number of aromatic nitrogens is 2. The highest BCUT2D eigenvalue weighted by atomic mass is 32.1. The second-order valence-corrected chi connectivity index (χ2v) is 9.07. The third-order valence-corrected chi connectivity index (χ3v) is 6.71. The molecule has 1 aliphatic rings. The fraction of sp³-hybridized carbons (Fsp3) is 0.0370. The lowest BCUT2D eigenvalue weighted by Crippen LogP contribution is -2.29. The molecule has 5 aromatic rings. The molecule has 1 aliphatic heterocycles. The molecule has 170 valence electrons. The van der Waals surface area contributed by atoms with Crippen molar-refractivity contribution in [2.45, 2.75) is 6.54 Å². The summed E-state index contributed by atoms with van der Waals surface area (Å²) in [5.41, 5.74) is 4.44. The maximum atomic E-state index is 12.9. The number of hydrogen-bond donors (Lipinski definition) is 1. The molecule has 35 heavy (non-hydrogen) atoms. The van der Waals surface area contributed by atoms with Gasteiger partial charge in [-0.15, -0.1) is 11.3 Å². The van der Waals surface area contributed by atoms with Crippen LogP contribution in [0, 0.1) is 0 Å². The molecule has 7 nitrogen and oxygen atoms in total. The Bertz CT molecular complexity index is 1550. The first-order valence-corrected chi connectivity index (χ1v) is 11.8. The van der Waals surface area contributed by atoms with E-state index in [1.807, 2.05) is 46.4 Å². The molecule has 3 heterocycles. The average molecular weight is 479 g/mol. The van der Waals surface area contributed by atoms with Gasteiger partial charge in [-0.2, -0.15) is 0 Å². The molecule has 3 amide bonds. The normalized spacial score (nSPS) is 12.9. The second-order valence-electron chi connectivity index (χ2n) is 8.19.